The Balaban J connectivity index is 2.12. The summed E-state index contributed by atoms with van der Waals surface area (Å²) in [6.07, 6.45) is 1.90. The van der Waals surface area contributed by atoms with Crippen molar-refractivity contribution in [3.05, 3.63) is 92.9 Å². The Morgan fingerprint density at radius 3 is 2.28 bits per heavy atom. The molecule has 144 valence electrons. The topological polar surface area (TPSA) is 30.0 Å². The lowest BCUT2D eigenvalue weighted by Gasteiger charge is -2.17. The molecule has 0 spiro atoms. The minimum Gasteiger partial charge on any atom is -0.288 e. The molecule has 0 aliphatic rings. The number of ketones is 1. The number of hydrogen-bond acceptors (Lipinski definition) is 3. The fourth-order valence-electron chi connectivity index (χ4n) is 3.26. The third-order valence-electron chi connectivity index (χ3n) is 4.58. The van der Waals surface area contributed by atoms with Crippen molar-refractivity contribution in [2.75, 3.05) is 6.26 Å². The first-order valence-electron chi connectivity index (χ1n) is 8.72. The predicted octanol–water partition coefficient (Wildman–Crippen LogP) is 7.81. The van der Waals surface area contributed by atoms with Crippen molar-refractivity contribution in [3.8, 4) is 11.1 Å². The maximum Gasteiger partial charge on any atom is 0.196 e. The first-order valence-corrected chi connectivity index (χ1v) is 11.1. The van der Waals surface area contributed by atoms with E-state index in [-0.39, 0.29) is 5.78 Å². The number of nitrogens with zero attached hydrogens (tertiary/aromatic N) is 1. The van der Waals surface area contributed by atoms with Gasteiger partial charge in [0, 0.05) is 37.1 Å². The molecule has 3 aromatic carbocycles. The van der Waals surface area contributed by atoms with Crippen LogP contribution in [0.3, 0.4) is 0 Å². The van der Waals surface area contributed by atoms with Gasteiger partial charge < -0.3 is 0 Å². The van der Waals surface area contributed by atoms with E-state index in [0.29, 0.717) is 31.2 Å². The molecule has 0 unspecified atom stereocenters. The quantitative estimate of drug-likeness (QED) is 0.231. The van der Waals surface area contributed by atoms with E-state index < -0.39 is 0 Å². The van der Waals surface area contributed by atoms with Crippen molar-refractivity contribution in [2.45, 2.75) is 5.03 Å². The maximum absolute atomic E-state index is 13.6. The number of fused-ring (bicyclic) bond motifs is 1. The monoisotopic (exact) mass is 457 g/mol. The summed E-state index contributed by atoms with van der Waals surface area (Å²) < 4.78 is 0. The zero-order valence-electron chi connectivity index (χ0n) is 15.2. The summed E-state index contributed by atoms with van der Waals surface area (Å²) in [5.74, 6) is -0.143. The lowest BCUT2D eigenvalue weighted by atomic mass is 9.92. The van der Waals surface area contributed by atoms with Gasteiger partial charge in [0.1, 0.15) is 5.03 Å². The van der Waals surface area contributed by atoms with Gasteiger partial charge in [-0.3, -0.25) is 4.79 Å². The smallest absolute Gasteiger partial charge is 0.196 e. The number of hydrogen-bond donors (Lipinski definition) is 0. The number of thioether (sulfide) groups is 1. The Bertz CT molecular complexity index is 1240. The molecule has 0 radical (unpaired) electrons. The van der Waals surface area contributed by atoms with Crippen molar-refractivity contribution in [1.82, 2.24) is 4.98 Å². The van der Waals surface area contributed by atoms with Crippen molar-refractivity contribution in [3.63, 3.8) is 0 Å². The highest BCUT2D eigenvalue weighted by Crippen LogP contribution is 2.41. The number of carbonyl (C=O) groups is 1. The van der Waals surface area contributed by atoms with E-state index in [0.717, 1.165) is 22.0 Å². The van der Waals surface area contributed by atoms with Crippen LogP contribution in [0.25, 0.3) is 22.0 Å². The van der Waals surface area contributed by atoms with Gasteiger partial charge in [-0.2, -0.15) is 0 Å². The Hall–Kier alpha value is -2.04. The molecule has 0 bridgehead atoms. The largest absolute Gasteiger partial charge is 0.288 e. The fourth-order valence-corrected chi connectivity index (χ4v) is 4.38. The summed E-state index contributed by atoms with van der Waals surface area (Å²) in [4.78, 5) is 18.3. The average Bonchev–Trinajstić information content (AvgIpc) is 2.73. The van der Waals surface area contributed by atoms with Gasteiger partial charge >= 0.3 is 0 Å². The van der Waals surface area contributed by atoms with E-state index in [1.807, 2.05) is 42.7 Å². The molecule has 1 heterocycles. The van der Waals surface area contributed by atoms with Crippen LogP contribution in [0.15, 0.2) is 71.8 Å². The van der Waals surface area contributed by atoms with Crippen LogP contribution in [-0.2, 0) is 0 Å². The van der Waals surface area contributed by atoms with E-state index >= 15 is 0 Å². The molecule has 4 aromatic rings. The van der Waals surface area contributed by atoms with Crippen LogP contribution in [0.5, 0.6) is 0 Å². The number of rotatable bonds is 4. The molecule has 0 atom stereocenters. The highest BCUT2D eigenvalue weighted by molar-refractivity contribution is 7.98. The van der Waals surface area contributed by atoms with Crippen LogP contribution in [0, 0.1) is 0 Å². The molecule has 0 saturated heterocycles. The number of benzene rings is 3. The molecular weight excluding hydrogens is 445 g/mol. The fraction of sp³-hybridized carbons (Fsp3) is 0.0435. The summed E-state index contributed by atoms with van der Waals surface area (Å²) in [6, 6.07) is 19.8. The number of carbonyl (C=O) groups excluding carboxylic acids is 1. The van der Waals surface area contributed by atoms with Crippen LogP contribution < -0.4 is 0 Å². The van der Waals surface area contributed by atoms with Gasteiger partial charge in [-0.1, -0.05) is 53.0 Å². The third-order valence-corrected chi connectivity index (χ3v) is 6.08. The summed E-state index contributed by atoms with van der Waals surface area (Å²) in [6.45, 7) is 0. The van der Waals surface area contributed by atoms with Crippen LogP contribution in [0.4, 0.5) is 0 Å². The first kappa shape index (κ1) is 20.2. The highest BCUT2D eigenvalue weighted by Gasteiger charge is 2.24. The predicted molar refractivity (Wildman–Crippen MR) is 124 cm³/mol. The van der Waals surface area contributed by atoms with E-state index in [2.05, 4.69) is 0 Å². The zero-order chi connectivity index (χ0) is 20.5. The van der Waals surface area contributed by atoms with E-state index in [1.54, 1.807) is 30.3 Å². The molecule has 1 aromatic heterocycles. The Labute approximate surface area is 187 Å². The minimum absolute atomic E-state index is 0.143. The standard InChI is InChI=1S/C23H14Cl3NOS/c1-29-23-21(22(28)13-6-8-14(24)9-7-13)20(16-4-2-3-5-18(16)26)17-12-15(25)10-11-19(17)27-23/h2-12H,1H3. The van der Waals surface area contributed by atoms with Crippen LogP contribution in [0.1, 0.15) is 15.9 Å². The van der Waals surface area contributed by atoms with Crippen LogP contribution in [0.2, 0.25) is 15.1 Å². The SMILES string of the molecule is CSc1nc2ccc(Cl)cc2c(-c2ccccc2Cl)c1C(=O)c1ccc(Cl)cc1. The Morgan fingerprint density at radius 2 is 1.59 bits per heavy atom. The molecule has 0 N–H and O–H groups in total. The molecule has 0 saturated carbocycles. The normalized spacial score (nSPS) is 11.0. The number of pyridine rings is 1. The molecule has 2 nitrogen and oxygen atoms in total. The van der Waals surface area contributed by atoms with Gasteiger partial charge in [0.15, 0.2) is 5.78 Å². The second-order valence-corrected chi connectivity index (χ2v) is 8.42. The lowest BCUT2D eigenvalue weighted by Crippen LogP contribution is -2.08. The molecule has 0 fully saturated rings. The summed E-state index contributed by atoms with van der Waals surface area (Å²) >= 11 is 20.3. The van der Waals surface area contributed by atoms with Gasteiger partial charge in [-0.05, 0) is 54.8 Å². The molecule has 29 heavy (non-hydrogen) atoms. The van der Waals surface area contributed by atoms with Gasteiger partial charge in [0.2, 0.25) is 0 Å². The molecular formula is C23H14Cl3NOS. The van der Waals surface area contributed by atoms with E-state index in [4.69, 9.17) is 39.8 Å². The van der Waals surface area contributed by atoms with Gasteiger partial charge in [0.25, 0.3) is 0 Å². The second kappa shape index (κ2) is 8.37. The zero-order valence-corrected chi connectivity index (χ0v) is 18.3. The van der Waals surface area contributed by atoms with Crippen molar-refractivity contribution in [1.29, 1.82) is 0 Å². The first-order chi connectivity index (χ1) is 14.0. The van der Waals surface area contributed by atoms with Gasteiger partial charge in [-0.15, -0.1) is 11.8 Å². The maximum atomic E-state index is 13.6. The average molecular weight is 459 g/mol. The van der Waals surface area contributed by atoms with Gasteiger partial charge in [0.05, 0.1) is 11.1 Å². The lowest BCUT2D eigenvalue weighted by molar-refractivity contribution is 0.103. The minimum atomic E-state index is -0.143. The highest BCUT2D eigenvalue weighted by atomic mass is 35.5. The second-order valence-electron chi connectivity index (χ2n) is 6.35. The number of aromatic nitrogens is 1. The van der Waals surface area contributed by atoms with Crippen LogP contribution in [-0.4, -0.2) is 17.0 Å². The van der Waals surface area contributed by atoms with Gasteiger partial charge in [-0.25, -0.2) is 4.98 Å². The van der Waals surface area contributed by atoms with Crippen LogP contribution >= 0.6 is 46.6 Å². The van der Waals surface area contributed by atoms with E-state index in [9.17, 15) is 4.79 Å². The molecule has 6 heteroatoms. The molecule has 0 amide bonds. The third kappa shape index (κ3) is 3.88. The van der Waals surface area contributed by atoms with Crippen molar-refractivity contribution < 1.29 is 4.79 Å². The number of halogens is 3. The summed E-state index contributed by atoms with van der Waals surface area (Å²) in [5, 5.41) is 3.10. The summed E-state index contributed by atoms with van der Waals surface area (Å²) in [7, 11) is 0. The van der Waals surface area contributed by atoms with E-state index in [1.165, 1.54) is 11.8 Å². The molecule has 0 aliphatic heterocycles. The molecule has 4 rings (SSSR count). The Morgan fingerprint density at radius 1 is 0.897 bits per heavy atom. The summed E-state index contributed by atoms with van der Waals surface area (Å²) in [5.41, 5.74) is 3.27. The van der Waals surface area contributed by atoms with Crippen molar-refractivity contribution >= 4 is 63.3 Å². The van der Waals surface area contributed by atoms with Crippen molar-refractivity contribution in [2.24, 2.45) is 0 Å². The molecule has 0 aliphatic carbocycles. The Kier molecular flexibility index (Phi) is 5.84.